The molecule has 8 heteroatoms. The van der Waals surface area contributed by atoms with Crippen molar-refractivity contribution in [3.05, 3.63) is 11.0 Å². The van der Waals surface area contributed by atoms with Gasteiger partial charge in [0.15, 0.2) is 0 Å². The zero-order chi connectivity index (χ0) is 22.1. The quantitative estimate of drug-likeness (QED) is 0.244. The van der Waals surface area contributed by atoms with Crippen LogP contribution in [0, 0.1) is 11.3 Å². The molecule has 0 aromatic carbocycles. The highest BCUT2D eigenvalue weighted by Crippen LogP contribution is 2.46. The van der Waals surface area contributed by atoms with Gasteiger partial charge in [-0.05, 0) is 11.3 Å². The standard InChI is InChI=1S/C21H41N5O2S/c1-16(20(2,3)4)21(5,6)29-17-15-18(27)26(19(17)28)14-13-25-12-11-24-10-9-23-8-7-22/h15-16,23-25H,7-14,22H2,1-6H3. The van der Waals surface area contributed by atoms with Crippen molar-refractivity contribution in [1.82, 2.24) is 20.9 Å². The van der Waals surface area contributed by atoms with Gasteiger partial charge in [0.05, 0.1) is 4.91 Å². The summed E-state index contributed by atoms with van der Waals surface area (Å²) in [6, 6.07) is 0. The van der Waals surface area contributed by atoms with Gasteiger partial charge < -0.3 is 21.7 Å². The van der Waals surface area contributed by atoms with Crippen molar-refractivity contribution >= 4 is 23.6 Å². The Morgan fingerprint density at radius 1 is 0.966 bits per heavy atom. The second-order valence-electron chi connectivity index (χ2n) is 9.14. The second-order valence-corrected chi connectivity index (χ2v) is 10.8. The van der Waals surface area contributed by atoms with Gasteiger partial charge in [0, 0.05) is 63.2 Å². The molecule has 0 aromatic heterocycles. The Kier molecular flexibility index (Phi) is 10.8. The van der Waals surface area contributed by atoms with Crippen molar-refractivity contribution in [2.24, 2.45) is 17.1 Å². The molecule has 0 bridgehead atoms. The molecule has 7 nitrogen and oxygen atoms in total. The van der Waals surface area contributed by atoms with Crippen LogP contribution in [0.5, 0.6) is 0 Å². The molecule has 0 radical (unpaired) electrons. The minimum absolute atomic E-state index is 0.126. The molecule has 1 atom stereocenters. The number of nitrogens with one attached hydrogen (secondary N) is 3. The number of amides is 2. The maximum atomic E-state index is 12.7. The molecule has 1 heterocycles. The van der Waals surface area contributed by atoms with Gasteiger partial charge >= 0.3 is 0 Å². The van der Waals surface area contributed by atoms with Gasteiger partial charge in [-0.15, -0.1) is 11.8 Å². The first-order valence-corrected chi connectivity index (χ1v) is 11.4. The zero-order valence-electron chi connectivity index (χ0n) is 19.1. The SMILES string of the molecule is CC(C(C)(C)C)C(C)(C)SC1=CC(=O)N(CCNCCNCCNCCN)C1=O. The molecule has 168 valence electrons. The lowest BCUT2D eigenvalue weighted by molar-refractivity contribution is -0.136. The highest BCUT2D eigenvalue weighted by Gasteiger charge is 2.40. The number of carbonyl (C=O) groups is 2. The van der Waals surface area contributed by atoms with Crippen LogP contribution >= 0.6 is 11.8 Å². The van der Waals surface area contributed by atoms with Crippen LogP contribution in [0.25, 0.3) is 0 Å². The molecule has 0 aliphatic carbocycles. The summed E-state index contributed by atoms with van der Waals surface area (Å²) in [5.74, 6) is 0.000210. The van der Waals surface area contributed by atoms with Crippen LogP contribution in [0.15, 0.2) is 11.0 Å². The third kappa shape index (κ3) is 8.76. The summed E-state index contributed by atoms with van der Waals surface area (Å²) in [6.45, 7) is 19.0. The highest BCUT2D eigenvalue weighted by molar-refractivity contribution is 8.05. The van der Waals surface area contributed by atoms with E-state index in [4.69, 9.17) is 5.73 Å². The molecule has 0 fully saturated rings. The van der Waals surface area contributed by atoms with Crippen LogP contribution < -0.4 is 21.7 Å². The summed E-state index contributed by atoms with van der Waals surface area (Å²) in [6.07, 6.45) is 1.50. The normalized spacial score (nSPS) is 16.5. The van der Waals surface area contributed by atoms with E-state index in [9.17, 15) is 9.59 Å². The van der Waals surface area contributed by atoms with E-state index in [1.807, 2.05) is 0 Å². The van der Waals surface area contributed by atoms with E-state index < -0.39 is 0 Å². The number of nitrogens with zero attached hydrogens (tertiary/aromatic N) is 1. The number of thioether (sulfide) groups is 1. The molecule has 0 spiro atoms. The van der Waals surface area contributed by atoms with E-state index in [2.05, 4.69) is 57.5 Å². The Bertz CT molecular complexity index is 572. The minimum Gasteiger partial charge on any atom is -0.329 e. The predicted octanol–water partition coefficient (Wildman–Crippen LogP) is 1.16. The van der Waals surface area contributed by atoms with Gasteiger partial charge in [0.2, 0.25) is 0 Å². The van der Waals surface area contributed by atoms with Crippen molar-refractivity contribution in [2.45, 2.75) is 46.3 Å². The van der Waals surface area contributed by atoms with Crippen molar-refractivity contribution in [2.75, 3.05) is 52.4 Å². The van der Waals surface area contributed by atoms with E-state index in [-0.39, 0.29) is 22.0 Å². The monoisotopic (exact) mass is 427 g/mol. The summed E-state index contributed by atoms with van der Waals surface area (Å²) in [4.78, 5) is 26.9. The van der Waals surface area contributed by atoms with Crippen molar-refractivity contribution < 1.29 is 9.59 Å². The molecular weight excluding hydrogens is 386 g/mol. The maximum absolute atomic E-state index is 12.7. The maximum Gasteiger partial charge on any atom is 0.267 e. The Morgan fingerprint density at radius 2 is 1.48 bits per heavy atom. The average molecular weight is 428 g/mol. The molecule has 1 rings (SSSR count). The van der Waals surface area contributed by atoms with E-state index in [0.29, 0.717) is 30.5 Å². The molecule has 2 amide bonds. The van der Waals surface area contributed by atoms with Crippen molar-refractivity contribution in [3.8, 4) is 0 Å². The fraction of sp³-hybridized carbons (Fsp3) is 0.810. The van der Waals surface area contributed by atoms with Gasteiger partial charge in [0.1, 0.15) is 0 Å². The van der Waals surface area contributed by atoms with Crippen LogP contribution in [-0.4, -0.2) is 73.8 Å². The summed E-state index contributed by atoms with van der Waals surface area (Å²) in [5.41, 5.74) is 5.54. The molecule has 0 saturated carbocycles. The first-order chi connectivity index (χ1) is 13.5. The first kappa shape index (κ1) is 26.1. The molecule has 1 unspecified atom stereocenters. The van der Waals surface area contributed by atoms with Crippen LogP contribution in [0.2, 0.25) is 0 Å². The third-order valence-electron chi connectivity index (χ3n) is 5.48. The number of hydrogen-bond donors (Lipinski definition) is 4. The predicted molar refractivity (Wildman–Crippen MR) is 123 cm³/mol. The third-order valence-corrected chi connectivity index (χ3v) is 6.87. The number of carbonyl (C=O) groups excluding carboxylic acids is 2. The summed E-state index contributed by atoms with van der Waals surface area (Å²) in [7, 11) is 0. The second kappa shape index (κ2) is 12.1. The number of imide groups is 1. The van der Waals surface area contributed by atoms with Crippen LogP contribution in [0.4, 0.5) is 0 Å². The lowest BCUT2D eigenvalue weighted by Crippen LogP contribution is -2.40. The summed E-state index contributed by atoms with van der Waals surface area (Å²) >= 11 is 1.52. The smallest absolute Gasteiger partial charge is 0.267 e. The fourth-order valence-corrected chi connectivity index (χ4v) is 4.66. The first-order valence-electron chi connectivity index (χ1n) is 10.6. The van der Waals surface area contributed by atoms with E-state index in [1.54, 1.807) is 0 Å². The van der Waals surface area contributed by atoms with Crippen molar-refractivity contribution in [1.29, 1.82) is 0 Å². The lowest BCUT2D eigenvalue weighted by atomic mass is 9.75. The Morgan fingerprint density at radius 3 is 2.00 bits per heavy atom. The van der Waals surface area contributed by atoms with Gasteiger partial charge in [0.25, 0.3) is 11.8 Å². The Hall–Kier alpha value is -0.930. The van der Waals surface area contributed by atoms with Crippen molar-refractivity contribution in [3.63, 3.8) is 0 Å². The molecule has 29 heavy (non-hydrogen) atoms. The van der Waals surface area contributed by atoms with Gasteiger partial charge in [-0.3, -0.25) is 14.5 Å². The molecule has 0 aromatic rings. The Labute approximate surface area is 181 Å². The number of hydrogen-bond acceptors (Lipinski definition) is 7. The molecule has 1 aliphatic rings. The molecular formula is C21H41N5O2S. The minimum atomic E-state index is -0.206. The molecule has 5 N–H and O–H groups in total. The number of nitrogens with two attached hydrogens (primary N) is 1. The number of rotatable bonds is 14. The fourth-order valence-electron chi connectivity index (χ4n) is 3.21. The summed E-state index contributed by atoms with van der Waals surface area (Å²) < 4.78 is -0.140. The lowest BCUT2D eigenvalue weighted by Gasteiger charge is -2.40. The van der Waals surface area contributed by atoms with Crippen LogP contribution in [0.1, 0.15) is 41.5 Å². The van der Waals surface area contributed by atoms with Crippen LogP contribution in [0.3, 0.4) is 0 Å². The van der Waals surface area contributed by atoms with E-state index in [0.717, 1.165) is 32.7 Å². The van der Waals surface area contributed by atoms with E-state index >= 15 is 0 Å². The topological polar surface area (TPSA) is 99.5 Å². The zero-order valence-corrected chi connectivity index (χ0v) is 19.9. The molecule has 1 aliphatic heterocycles. The van der Waals surface area contributed by atoms with Crippen LogP contribution in [-0.2, 0) is 9.59 Å². The van der Waals surface area contributed by atoms with E-state index in [1.165, 1.54) is 22.7 Å². The van der Waals surface area contributed by atoms with Gasteiger partial charge in [-0.25, -0.2) is 0 Å². The molecule has 0 saturated heterocycles. The van der Waals surface area contributed by atoms with Gasteiger partial charge in [-0.1, -0.05) is 41.5 Å². The highest BCUT2D eigenvalue weighted by atomic mass is 32.2. The summed E-state index contributed by atoms with van der Waals surface area (Å²) in [5, 5.41) is 9.82. The largest absolute Gasteiger partial charge is 0.329 e. The average Bonchev–Trinajstić information content (AvgIpc) is 2.88. The van der Waals surface area contributed by atoms with Gasteiger partial charge in [-0.2, -0.15) is 0 Å². The Balaban J connectivity index is 2.34.